The van der Waals surface area contributed by atoms with Crippen molar-refractivity contribution in [2.75, 3.05) is 11.5 Å². The summed E-state index contributed by atoms with van der Waals surface area (Å²) in [5.41, 5.74) is 1.34. The summed E-state index contributed by atoms with van der Waals surface area (Å²) >= 11 is 15.5. The smallest absolute Gasteiger partial charge is 0.335 e. The molecule has 10 heteroatoms. The third-order valence-electron chi connectivity index (χ3n) is 5.18. The number of urea groups is 1. The number of halogens is 3. The first-order valence-electron chi connectivity index (χ1n) is 10.7. The SMILES string of the molecule is C#CCOc1ccc(/C=C2\C(=O)NC(=O)N(c3ccc(OCc4ccc(Cl)cc4Cl)cc3)C2=O)cc1Br. The second-order valence-corrected chi connectivity index (χ2v) is 9.36. The number of hydrogen-bond donors (Lipinski definition) is 1. The van der Waals surface area contributed by atoms with Crippen molar-refractivity contribution in [3.63, 3.8) is 0 Å². The van der Waals surface area contributed by atoms with E-state index in [1.54, 1.807) is 48.5 Å². The normalized spacial score (nSPS) is 14.4. The van der Waals surface area contributed by atoms with Crippen LogP contribution in [0, 0.1) is 12.3 Å². The molecule has 0 atom stereocenters. The van der Waals surface area contributed by atoms with Crippen LogP contribution in [0.15, 0.2) is 70.7 Å². The van der Waals surface area contributed by atoms with E-state index in [0.29, 0.717) is 31.6 Å². The number of carbonyl (C=O) groups excluding carboxylic acids is 3. The lowest BCUT2D eigenvalue weighted by Gasteiger charge is -2.26. The fourth-order valence-electron chi connectivity index (χ4n) is 3.39. The molecule has 1 aliphatic rings. The number of rotatable bonds is 7. The number of anilines is 1. The van der Waals surface area contributed by atoms with Crippen LogP contribution in [0.3, 0.4) is 0 Å². The lowest BCUT2D eigenvalue weighted by Crippen LogP contribution is -2.54. The Morgan fingerprint density at radius 1 is 1.00 bits per heavy atom. The van der Waals surface area contributed by atoms with Crippen LogP contribution in [-0.4, -0.2) is 24.5 Å². The van der Waals surface area contributed by atoms with Crippen molar-refractivity contribution in [1.82, 2.24) is 5.32 Å². The molecule has 4 amide bonds. The van der Waals surface area contributed by atoms with Gasteiger partial charge in [-0.3, -0.25) is 14.9 Å². The molecule has 0 saturated carbocycles. The van der Waals surface area contributed by atoms with Crippen LogP contribution in [0.25, 0.3) is 6.08 Å². The monoisotopic (exact) mass is 598 g/mol. The fraction of sp³-hybridized carbons (Fsp3) is 0.0741. The molecule has 3 aromatic carbocycles. The van der Waals surface area contributed by atoms with Gasteiger partial charge in [-0.05, 0) is 76.1 Å². The summed E-state index contributed by atoms with van der Waals surface area (Å²) in [4.78, 5) is 39.0. The van der Waals surface area contributed by atoms with E-state index < -0.39 is 17.8 Å². The number of barbiturate groups is 1. The quantitative estimate of drug-likeness (QED) is 0.204. The fourth-order valence-corrected chi connectivity index (χ4v) is 4.37. The van der Waals surface area contributed by atoms with E-state index in [2.05, 4.69) is 27.2 Å². The van der Waals surface area contributed by atoms with Gasteiger partial charge in [-0.25, -0.2) is 9.69 Å². The molecule has 7 nitrogen and oxygen atoms in total. The van der Waals surface area contributed by atoms with Gasteiger partial charge in [0.25, 0.3) is 11.8 Å². The van der Waals surface area contributed by atoms with Crippen molar-refractivity contribution in [3.05, 3.63) is 91.9 Å². The highest BCUT2D eigenvalue weighted by Gasteiger charge is 2.36. The zero-order valence-corrected chi connectivity index (χ0v) is 22.1. The molecule has 1 heterocycles. The number of nitrogens with one attached hydrogen (secondary N) is 1. The van der Waals surface area contributed by atoms with Crippen molar-refractivity contribution >= 4 is 68.7 Å². The molecule has 0 aliphatic carbocycles. The van der Waals surface area contributed by atoms with Crippen molar-refractivity contribution in [1.29, 1.82) is 0 Å². The van der Waals surface area contributed by atoms with Crippen molar-refractivity contribution in [2.45, 2.75) is 6.61 Å². The van der Waals surface area contributed by atoms with Gasteiger partial charge in [0.2, 0.25) is 0 Å². The van der Waals surface area contributed by atoms with Gasteiger partial charge in [-0.15, -0.1) is 6.42 Å². The van der Waals surface area contributed by atoms with Gasteiger partial charge in [-0.2, -0.15) is 0 Å². The van der Waals surface area contributed by atoms with E-state index in [-0.39, 0.29) is 24.5 Å². The summed E-state index contributed by atoms with van der Waals surface area (Å²) < 4.78 is 11.7. The van der Waals surface area contributed by atoms with E-state index in [1.807, 2.05) is 0 Å². The lowest BCUT2D eigenvalue weighted by atomic mass is 10.1. The first-order valence-corrected chi connectivity index (χ1v) is 12.3. The number of amides is 4. The number of benzene rings is 3. The number of ether oxygens (including phenoxy) is 2. The average Bonchev–Trinajstić information content (AvgIpc) is 2.86. The number of hydrogen-bond acceptors (Lipinski definition) is 5. The minimum atomic E-state index is -0.854. The summed E-state index contributed by atoms with van der Waals surface area (Å²) in [6, 6.07) is 15.5. The first-order chi connectivity index (χ1) is 17.8. The maximum atomic E-state index is 13.2. The Kier molecular flexibility index (Phi) is 8.19. The second-order valence-electron chi connectivity index (χ2n) is 7.66. The molecule has 0 spiro atoms. The highest BCUT2D eigenvalue weighted by atomic mass is 79.9. The molecule has 1 aliphatic heterocycles. The summed E-state index contributed by atoms with van der Waals surface area (Å²) in [7, 11) is 0. The van der Waals surface area contributed by atoms with Crippen LogP contribution in [0.5, 0.6) is 11.5 Å². The Balaban J connectivity index is 1.52. The molecule has 1 fully saturated rings. The zero-order chi connectivity index (χ0) is 26.5. The predicted molar refractivity (Wildman–Crippen MR) is 145 cm³/mol. The van der Waals surface area contributed by atoms with Crippen molar-refractivity contribution in [3.8, 4) is 23.8 Å². The van der Waals surface area contributed by atoms with Crippen molar-refractivity contribution < 1.29 is 23.9 Å². The predicted octanol–water partition coefficient (Wildman–Crippen LogP) is 6.01. The summed E-state index contributed by atoms with van der Waals surface area (Å²) in [5, 5.41) is 3.20. The maximum absolute atomic E-state index is 13.2. The third kappa shape index (κ3) is 6.15. The van der Waals surface area contributed by atoms with Gasteiger partial charge in [-0.1, -0.05) is 41.3 Å². The first kappa shape index (κ1) is 26.3. The number of terminal acetylenes is 1. The Morgan fingerprint density at radius 2 is 1.76 bits per heavy atom. The summed E-state index contributed by atoms with van der Waals surface area (Å²) in [5.74, 6) is 1.81. The summed E-state index contributed by atoms with van der Waals surface area (Å²) in [6.07, 6.45) is 6.60. The molecule has 0 bridgehead atoms. The summed E-state index contributed by atoms with van der Waals surface area (Å²) in [6.45, 7) is 0.289. The highest BCUT2D eigenvalue weighted by molar-refractivity contribution is 9.10. The molecule has 0 aromatic heterocycles. The Bertz CT molecular complexity index is 1460. The van der Waals surface area contributed by atoms with Crippen LogP contribution < -0.4 is 19.7 Å². The molecule has 0 unspecified atom stereocenters. The van der Waals surface area contributed by atoms with Crippen molar-refractivity contribution in [2.24, 2.45) is 0 Å². The topological polar surface area (TPSA) is 84.9 Å². The van der Waals surface area contributed by atoms with Crippen LogP contribution >= 0.6 is 39.1 Å². The van der Waals surface area contributed by atoms with E-state index >= 15 is 0 Å². The van der Waals surface area contributed by atoms with Gasteiger partial charge in [0.1, 0.15) is 30.3 Å². The van der Waals surface area contributed by atoms with Gasteiger partial charge >= 0.3 is 6.03 Å². The molecule has 186 valence electrons. The van der Waals surface area contributed by atoms with Gasteiger partial charge in [0, 0.05) is 15.6 Å². The maximum Gasteiger partial charge on any atom is 0.335 e. The van der Waals surface area contributed by atoms with E-state index in [9.17, 15) is 14.4 Å². The zero-order valence-electron chi connectivity index (χ0n) is 19.0. The second kappa shape index (κ2) is 11.5. The average molecular weight is 600 g/mol. The van der Waals surface area contributed by atoms with E-state index in [0.717, 1.165) is 10.5 Å². The molecule has 1 N–H and O–H groups in total. The standard InChI is InChI=1S/C27H17BrCl2N2O5/c1-2-11-36-24-10-3-16(13-22(24)28)12-21-25(33)31-27(35)32(26(21)34)19-6-8-20(9-7-19)37-15-17-4-5-18(29)14-23(17)30/h1,3-10,12-14H,11,15H2,(H,31,33,35)/b21-12+. The minimum Gasteiger partial charge on any atom is -0.489 e. The van der Waals surface area contributed by atoms with Gasteiger partial charge < -0.3 is 9.47 Å². The van der Waals surface area contributed by atoms with Crippen LogP contribution in [0.4, 0.5) is 10.5 Å². The molecular weight excluding hydrogens is 583 g/mol. The molecule has 3 aromatic rings. The van der Waals surface area contributed by atoms with Crippen LogP contribution in [0.2, 0.25) is 10.0 Å². The van der Waals surface area contributed by atoms with E-state index in [1.165, 1.54) is 18.2 Å². The Morgan fingerprint density at radius 3 is 2.43 bits per heavy atom. The third-order valence-corrected chi connectivity index (χ3v) is 6.39. The van der Waals surface area contributed by atoms with Crippen LogP contribution in [-0.2, 0) is 16.2 Å². The Labute approximate surface area is 231 Å². The molecule has 4 rings (SSSR count). The highest BCUT2D eigenvalue weighted by Crippen LogP contribution is 2.29. The minimum absolute atomic E-state index is 0.0930. The molecule has 37 heavy (non-hydrogen) atoms. The lowest BCUT2D eigenvalue weighted by molar-refractivity contribution is -0.122. The molecule has 1 saturated heterocycles. The molecule has 0 radical (unpaired) electrons. The largest absolute Gasteiger partial charge is 0.489 e. The number of nitrogens with zero attached hydrogens (tertiary/aromatic N) is 1. The number of imide groups is 2. The Hall–Kier alpha value is -3.77. The molecular formula is C27H17BrCl2N2O5. The van der Waals surface area contributed by atoms with Crippen LogP contribution in [0.1, 0.15) is 11.1 Å². The van der Waals surface area contributed by atoms with Gasteiger partial charge in [0.15, 0.2) is 0 Å². The van der Waals surface area contributed by atoms with Gasteiger partial charge in [0.05, 0.1) is 10.2 Å². The number of carbonyl (C=O) groups is 3. The van der Waals surface area contributed by atoms with E-state index in [4.69, 9.17) is 39.1 Å².